The van der Waals surface area contributed by atoms with Crippen LogP contribution < -0.4 is 10.1 Å². The zero-order valence-electron chi connectivity index (χ0n) is 19.2. The minimum Gasteiger partial charge on any atom is -0.481 e. The summed E-state index contributed by atoms with van der Waals surface area (Å²) in [7, 11) is 0. The van der Waals surface area contributed by atoms with Gasteiger partial charge < -0.3 is 15.2 Å². The van der Waals surface area contributed by atoms with Gasteiger partial charge in [-0.05, 0) is 80.7 Å². The molecule has 5 nitrogen and oxygen atoms in total. The quantitative estimate of drug-likeness (QED) is 0.378. The molecule has 9 heteroatoms. The van der Waals surface area contributed by atoms with Crippen molar-refractivity contribution in [2.24, 2.45) is 17.3 Å². The first-order valence-corrected chi connectivity index (χ1v) is 12.0. The van der Waals surface area contributed by atoms with Crippen molar-refractivity contribution in [3.05, 3.63) is 54.3 Å². The molecule has 1 heterocycles. The van der Waals surface area contributed by atoms with Crippen molar-refractivity contribution < 1.29 is 32.2 Å². The number of pyridine rings is 1. The van der Waals surface area contributed by atoms with E-state index in [4.69, 9.17) is 0 Å². The van der Waals surface area contributed by atoms with Crippen LogP contribution in [0.2, 0.25) is 0 Å². The largest absolute Gasteiger partial charge is 0.573 e. The fourth-order valence-electron chi connectivity index (χ4n) is 7.25. The van der Waals surface area contributed by atoms with Crippen LogP contribution in [0.25, 0.3) is 22.2 Å². The molecule has 36 heavy (non-hydrogen) atoms. The van der Waals surface area contributed by atoms with Gasteiger partial charge in [-0.15, -0.1) is 13.2 Å². The fourth-order valence-corrected chi connectivity index (χ4v) is 7.25. The van der Waals surface area contributed by atoms with Gasteiger partial charge in [0, 0.05) is 22.2 Å². The third kappa shape index (κ3) is 3.94. The van der Waals surface area contributed by atoms with Crippen molar-refractivity contribution in [2.75, 3.05) is 5.32 Å². The number of nitrogens with one attached hydrogen (secondary N) is 1. The molecule has 2 unspecified atom stereocenters. The number of hydrogen-bond donors (Lipinski definition) is 2. The number of carbonyl (C=O) groups is 1. The van der Waals surface area contributed by atoms with Gasteiger partial charge in [-0.25, -0.2) is 9.37 Å². The Balaban J connectivity index is 1.44. The number of carboxylic acid groups (broad SMARTS) is 1. The lowest BCUT2D eigenvalue weighted by atomic mass is 9.47. The van der Waals surface area contributed by atoms with E-state index in [-0.39, 0.29) is 5.52 Å². The van der Waals surface area contributed by atoms with E-state index in [1.165, 1.54) is 24.3 Å². The Kier molecular flexibility index (Phi) is 5.01. The average Bonchev–Trinajstić information content (AvgIpc) is 2.78. The first kappa shape index (κ1) is 23.1. The average molecular weight is 500 g/mol. The van der Waals surface area contributed by atoms with Crippen LogP contribution in [0.3, 0.4) is 0 Å². The first-order valence-electron chi connectivity index (χ1n) is 12.0. The molecule has 4 aliphatic carbocycles. The van der Waals surface area contributed by atoms with Crippen LogP contribution in [0.1, 0.15) is 38.5 Å². The Labute approximate surface area is 204 Å². The summed E-state index contributed by atoms with van der Waals surface area (Å²) < 4.78 is 57.6. The number of fused-ring (bicyclic) bond motifs is 1. The lowest BCUT2D eigenvalue weighted by Gasteiger charge is -2.61. The summed E-state index contributed by atoms with van der Waals surface area (Å²) in [6.45, 7) is 0. The predicted octanol–water partition coefficient (Wildman–Crippen LogP) is 6.78. The number of nitrogens with zero attached hydrogens (tertiary/aromatic N) is 1. The number of rotatable bonds is 5. The van der Waals surface area contributed by atoms with Crippen molar-refractivity contribution in [3.63, 3.8) is 0 Å². The third-order valence-corrected chi connectivity index (χ3v) is 8.09. The fraction of sp³-hybridized carbons (Fsp3) is 0.407. The number of benzene rings is 2. The third-order valence-electron chi connectivity index (χ3n) is 8.09. The van der Waals surface area contributed by atoms with Gasteiger partial charge in [0.15, 0.2) is 0 Å². The van der Waals surface area contributed by atoms with Crippen molar-refractivity contribution >= 4 is 22.6 Å². The number of aromatic nitrogens is 1. The van der Waals surface area contributed by atoms with E-state index in [1.54, 1.807) is 24.3 Å². The van der Waals surface area contributed by atoms with Gasteiger partial charge in [0.2, 0.25) is 0 Å². The Morgan fingerprint density at radius 2 is 1.81 bits per heavy atom. The molecule has 0 radical (unpaired) electrons. The molecule has 0 amide bonds. The smallest absolute Gasteiger partial charge is 0.481 e. The van der Waals surface area contributed by atoms with Crippen LogP contribution in [0.4, 0.5) is 23.2 Å². The molecule has 4 saturated carbocycles. The molecule has 2 N–H and O–H groups in total. The lowest BCUT2D eigenvalue weighted by molar-refractivity contribution is -0.274. The minimum atomic E-state index is -4.87. The molecule has 2 atom stereocenters. The number of anilines is 1. The standard InChI is InChI=1S/C27H24F4N2O3/c28-20-3-1-2-17-4-6-21(32-23(17)20)19-9-18(36-27(29,30)31)5-7-22(19)33-26-12-15-8-16(13-26)11-25(10-15,14-26)24(34)35/h1-7,9,15-16,33H,8,10-14H2,(H,34,35). The normalized spacial score (nSPS) is 28.9. The summed E-state index contributed by atoms with van der Waals surface area (Å²) in [5.41, 5.74) is 0.00691. The molecule has 4 fully saturated rings. The number of carboxylic acids is 1. The molecule has 4 bridgehead atoms. The number of alkyl halides is 3. The van der Waals surface area contributed by atoms with E-state index >= 15 is 0 Å². The Morgan fingerprint density at radius 3 is 2.50 bits per heavy atom. The Hall–Kier alpha value is -3.36. The first-order chi connectivity index (χ1) is 17.0. The summed E-state index contributed by atoms with van der Waals surface area (Å²) in [5, 5.41) is 14.2. The molecule has 1 aromatic heterocycles. The van der Waals surface area contributed by atoms with E-state index in [9.17, 15) is 27.5 Å². The maximum atomic E-state index is 14.5. The van der Waals surface area contributed by atoms with Gasteiger partial charge in [-0.2, -0.15) is 0 Å². The van der Waals surface area contributed by atoms with Crippen LogP contribution in [-0.2, 0) is 4.79 Å². The molecule has 0 aliphatic heterocycles. The van der Waals surface area contributed by atoms with Gasteiger partial charge in [0.25, 0.3) is 0 Å². The Morgan fingerprint density at radius 1 is 1.06 bits per heavy atom. The zero-order valence-corrected chi connectivity index (χ0v) is 19.2. The van der Waals surface area contributed by atoms with E-state index < -0.39 is 34.9 Å². The van der Waals surface area contributed by atoms with Gasteiger partial charge >= 0.3 is 12.3 Å². The topological polar surface area (TPSA) is 71.5 Å². The van der Waals surface area contributed by atoms with Crippen LogP contribution in [0, 0.1) is 23.1 Å². The number of ether oxygens (including phenoxy) is 1. The molecule has 3 aromatic rings. The van der Waals surface area contributed by atoms with Crippen LogP contribution in [-0.4, -0.2) is 28.0 Å². The molecule has 4 aliphatic rings. The number of hydrogen-bond acceptors (Lipinski definition) is 4. The van der Waals surface area contributed by atoms with Gasteiger partial charge in [-0.1, -0.05) is 18.2 Å². The Bertz CT molecular complexity index is 1360. The number of halogens is 4. The molecular weight excluding hydrogens is 476 g/mol. The predicted molar refractivity (Wildman–Crippen MR) is 125 cm³/mol. The molecule has 7 rings (SSSR count). The summed E-state index contributed by atoms with van der Waals surface area (Å²) in [6.07, 6.45) is -0.463. The molecular formula is C27H24F4N2O3. The molecule has 188 valence electrons. The second kappa shape index (κ2) is 7.82. The van der Waals surface area contributed by atoms with Crippen molar-refractivity contribution in [1.82, 2.24) is 4.98 Å². The van der Waals surface area contributed by atoms with Crippen LogP contribution in [0.5, 0.6) is 5.75 Å². The highest BCUT2D eigenvalue weighted by atomic mass is 19.4. The zero-order chi connectivity index (χ0) is 25.3. The van der Waals surface area contributed by atoms with Crippen molar-refractivity contribution in [1.29, 1.82) is 0 Å². The van der Waals surface area contributed by atoms with E-state index in [1.807, 2.05) is 0 Å². The van der Waals surface area contributed by atoms with Gasteiger partial charge in [0.05, 0.1) is 11.1 Å². The summed E-state index contributed by atoms with van der Waals surface area (Å²) >= 11 is 0. The molecule has 0 saturated heterocycles. The summed E-state index contributed by atoms with van der Waals surface area (Å²) in [5.74, 6) is -1.14. The second-order valence-corrected chi connectivity index (χ2v) is 10.7. The van der Waals surface area contributed by atoms with E-state index in [2.05, 4.69) is 15.0 Å². The maximum absolute atomic E-state index is 14.5. The monoisotopic (exact) mass is 500 g/mol. The molecule has 2 aromatic carbocycles. The van der Waals surface area contributed by atoms with Crippen LogP contribution >= 0.6 is 0 Å². The minimum absolute atomic E-state index is 0.114. The van der Waals surface area contributed by atoms with Gasteiger partial charge in [-0.3, -0.25) is 4.79 Å². The van der Waals surface area contributed by atoms with E-state index in [0.29, 0.717) is 53.4 Å². The maximum Gasteiger partial charge on any atom is 0.573 e. The lowest BCUT2D eigenvalue weighted by Crippen LogP contribution is -2.61. The number of aliphatic carboxylic acids is 1. The van der Waals surface area contributed by atoms with Crippen LogP contribution in [0.15, 0.2) is 48.5 Å². The van der Waals surface area contributed by atoms with E-state index in [0.717, 1.165) is 19.3 Å². The summed E-state index contributed by atoms with van der Waals surface area (Å²) in [4.78, 5) is 16.7. The second-order valence-electron chi connectivity index (χ2n) is 10.7. The van der Waals surface area contributed by atoms with Crippen molar-refractivity contribution in [3.8, 4) is 17.0 Å². The van der Waals surface area contributed by atoms with Gasteiger partial charge in [0.1, 0.15) is 17.1 Å². The highest BCUT2D eigenvalue weighted by Crippen LogP contribution is 2.62. The highest BCUT2D eigenvalue weighted by molar-refractivity contribution is 5.85. The summed E-state index contributed by atoms with van der Waals surface area (Å²) in [6, 6.07) is 11.8. The van der Waals surface area contributed by atoms with Crippen molar-refractivity contribution in [2.45, 2.75) is 50.4 Å². The molecule has 0 spiro atoms. The SMILES string of the molecule is O=C(O)C12CC3CC(CC(Nc4ccc(OC(F)(F)F)cc4-c4ccc5cccc(F)c5n4)(C3)C1)C2. The highest BCUT2D eigenvalue weighted by Gasteiger charge is 2.61. The number of para-hydroxylation sites is 1.